The van der Waals surface area contributed by atoms with Crippen LogP contribution in [0, 0.1) is 0 Å². The lowest BCUT2D eigenvalue weighted by molar-refractivity contribution is 0.109. The minimum atomic E-state index is -0.159. The number of hydrogen-bond acceptors (Lipinski definition) is 4. The van der Waals surface area contributed by atoms with E-state index >= 15 is 0 Å². The van der Waals surface area contributed by atoms with Crippen LogP contribution in [0.1, 0.15) is 45.7 Å². The molecule has 0 aliphatic carbocycles. The second kappa shape index (κ2) is 5.78. The summed E-state index contributed by atoms with van der Waals surface area (Å²) in [5.41, 5.74) is 2.19. The smallest absolute Gasteiger partial charge is 0.161 e. The fourth-order valence-electron chi connectivity index (χ4n) is 2.35. The van der Waals surface area contributed by atoms with Gasteiger partial charge in [0.1, 0.15) is 6.10 Å². The quantitative estimate of drug-likeness (QED) is 0.908. The van der Waals surface area contributed by atoms with Crippen LogP contribution in [0.15, 0.2) is 12.3 Å². The number of rotatable bonds is 4. The molecule has 4 nitrogen and oxygen atoms in total. The number of hydrogen-bond donors (Lipinski definition) is 1. The Kier molecular flexibility index (Phi) is 4.30. The summed E-state index contributed by atoms with van der Waals surface area (Å²) in [4.78, 5) is 6.77. The highest BCUT2D eigenvalue weighted by molar-refractivity contribution is 5.61. The first-order chi connectivity index (χ1) is 9.06. The summed E-state index contributed by atoms with van der Waals surface area (Å²) in [5.74, 6) is 1.19. The minimum absolute atomic E-state index is 0.0400. The Morgan fingerprint density at radius 2 is 2.21 bits per heavy atom. The van der Waals surface area contributed by atoms with E-state index in [-0.39, 0.29) is 12.7 Å². The van der Waals surface area contributed by atoms with Crippen LogP contribution >= 0.6 is 0 Å². The number of fused-ring (bicyclic) bond motifs is 1. The summed E-state index contributed by atoms with van der Waals surface area (Å²) in [7, 11) is 0. The van der Waals surface area contributed by atoms with Gasteiger partial charge in [-0.15, -0.1) is 0 Å². The predicted octanol–water partition coefficient (Wildman–Crippen LogP) is 2.56. The van der Waals surface area contributed by atoms with Gasteiger partial charge in [-0.1, -0.05) is 20.8 Å². The summed E-state index contributed by atoms with van der Waals surface area (Å²) in [6.07, 6.45) is 2.70. The molecule has 2 rings (SSSR count). The Bertz CT molecular complexity index is 434. The topological polar surface area (TPSA) is 45.6 Å². The molecule has 1 aliphatic heterocycles. The van der Waals surface area contributed by atoms with Crippen LogP contribution in [0.2, 0.25) is 0 Å². The Hall–Kier alpha value is -1.29. The summed E-state index contributed by atoms with van der Waals surface area (Å²) in [5, 5.41) is 9.36. The first-order valence-electron chi connectivity index (χ1n) is 7.10. The molecule has 0 spiro atoms. The van der Waals surface area contributed by atoms with Gasteiger partial charge in [0.15, 0.2) is 5.75 Å². The van der Waals surface area contributed by atoms with Gasteiger partial charge in [-0.25, -0.2) is 0 Å². The molecule has 2 unspecified atom stereocenters. The largest absolute Gasteiger partial charge is 0.482 e. The molecule has 1 aromatic heterocycles. The van der Waals surface area contributed by atoms with Crippen LogP contribution in [0.25, 0.3) is 0 Å². The molecular weight excluding hydrogens is 240 g/mol. The molecule has 19 heavy (non-hydrogen) atoms. The lowest BCUT2D eigenvalue weighted by atomic mass is 10.1. The molecule has 0 aromatic carbocycles. The highest BCUT2D eigenvalue weighted by Gasteiger charge is 2.28. The zero-order valence-corrected chi connectivity index (χ0v) is 12.3. The normalized spacial score (nSPS) is 20.1. The summed E-state index contributed by atoms with van der Waals surface area (Å²) >= 11 is 0. The molecular formula is C15H24N2O2. The summed E-state index contributed by atoms with van der Waals surface area (Å²) in [6.45, 7) is 9.45. The van der Waals surface area contributed by atoms with Crippen molar-refractivity contribution in [1.29, 1.82) is 0 Å². The van der Waals surface area contributed by atoms with E-state index in [9.17, 15) is 5.11 Å². The maximum absolute atomic E-state index is 9.36. The van der Waals surface area contributed by atoms with Gasteiger partial charge in [0.05, 0.1) is 25.0 Å². The van der Waals surface area contributed by atoms with Crippen molar-refractivity contribution in [2.24, 2.45) is 0 Å². The highest BCUT2D eigenvalue weighted by Crippen LogP contribution is 2.36. The predicted molar refractivity (Wildman–Crippen MR) is 76.9 cm³/mol. The average molecular weight is 264 g/mol. The fourth-order valence-corrected chi connectivity index (χ4v) is 2.35. The Morgan fingerprint density at radius 3 is 2.79 bits per heavy atom. The van der Waals surface area contributed by atoms with Gasteiger partial charge in [0.25, 0.3) is 0 Å². The molecule has 2 atom stereocenters. The Labute approximate surface area is 115 Å². The van der Waals surface area contributed by atoms with Crippen molar-refractivity contribution in [3.8, 4) is 5.75 Å². The van der Waals surface area contributed by atoms with E-state index in [4.69, 9.17) is 4.74 Å². The Morgan fingerprint density at radius 1 is 1.47 bits per heavy atom. The standard InChI is InChI=1S/C15H24N2O2/c1-5-11(4)17-8-12(9-18)19-15-7-16-13(10(2)3)6-14(15)17/h6-7,10-12,18H,5,8-9H2,1-4H3. The molecule has 0 fully saturated rings. The number of ether oxygens (including phenoxy) is 1. The molecule has 0 saturated carbocycles. The Balaban J connectivity index is 2.39. The van der Waals surface area contributed by atoms with Gasteiger partial charge in [-0.05, 0) is 25.3 Å². The molecule has 1 aromatic rings. The van der Waals surface area contributed by atoms with Crippen molar-refractivity contribution in [2.75, 3.05) is 18.1 Å². The zero-order valence-electron chi connectivity index (χ0n) is 12.3. The lowest BCUT2D eigenvalue weighted by Gasteiger charge is -2.39. The molecule has 2 heterocycles. The summed E-state index contributed by atoms with van der Waals surface area (Å²) in [6, 6.07) is 2.55. The molecule has 0 bridgehead atoms. The maximum atomic E-state index is 9.36. The SMILES string of the molecule is CCC(C)N1CC(CO)Oc2cnc(C(C)C)cc21. The lowest BCUT2D eigenvalue weighted by Crippen LogP contribution is -2.46. The molecule has 0 amide bonds. The number of aliphatic hydroxyl groups is 1. The van der Waals surface area contributed by atoms with Crippen molar-refractivity contribution >= 4 is 5.69 Å². The monoisotopic (exact) mass is 264 g/mol. The van der Waals surface area contributed by atoms with E-state index in [0.717, 1.165) is 30.1 Å². The van der Waals surface area contributed by atoms with Gasteiger partial charge < -0.3 is 14.7 Å². The van der Waals surface area contributed by atoms with E-state index in [2.05, 4.69) is 43.6 Å². The minimum Gasteiger partial charge on any atom is -0.482 e. The van der Waals surface area contributed by atoms with Crippen LogP contribution in [0.3, 0.4) is 0 Å². The van der Waals surface area contributed by atoms with Gasteiger partial charge >= 0.3 is 0 Å². The van der Waals surface area contributed by atoms with Crippen LogP contribution in [-0.4, -0.2) is 35.4 Å². The number of pyridine rings is 1. The van der Waals surface area contributed by atoms with Gasteiger partial charge in [-0.3, -0.25) is 4.98 Å². The molecule has 1 aliphatic rings. The summed E-state index contributed by atoms with van der Waals surface area (Å²) < 4.78 is 5.79. The number of anilines is 1. The average Bonchev–Trinajstić information content (AvgIpc) is 2.44. The first-order valence-corrected chi connectivity index (χ1v) is 7.10. The first kappa shape index (κ1) is 14.1. The molecule has 4 heteroatoms. The van der Waals surface area contributed by atoms with E-state index in [1.165, 1.54) is 0 Å². The van der Waals surface area contributed by atoms with Crippen LogP contribution in [-0.2, 0) is 0 Å². The fraction of sp³-hybridized carbons (Fsp3) is 0.667. The van der Waals surface area contributed by atoms with Crippen LogP contribution in [0.4, 0.5) is 5.69 Å². The van der Waals surface area contributed by atoms with Crippen molar-refractivity contribution < 1.29 is 9.84 Å². The highest BCUT2D eigenvalue weighted by atomic mass is 16.5. The maximum Gasteiger partial charge on any atom is 0.161 e. The molecule has 106 valence electrons. The molecule has 1 N–H and O–H groups in total. The van der Waals surface area contributed by atoms with Gasteiger partial charge in [0, 0.05) is 11.7 Å². The number of aliphatic hydroxyl groups excluding tert-OH is 1. The molecule has 0 radical (unpaired) electrons. The van der Waals surface area contributed by atoms with E-state index in [1.54, 1.807) is 6.20 Å². The van der Waals surface area contributed by atoms with Crippen molar-refractivity contribution in [3.63, 3.8) is 0 Å². The third-order valence-electron chi connectivity index (χ3n) is 3.79. The number of aromatic nitrogens is 1. The van der Waals surface area contributed by atoms with E-state index < -0.39 is 0 Å². The van der Waals surface area contributed by atoms with Crippen molar-refractivity contribution in [1.82, 2.24) is 4.98 Å². The zero-order chi connectivity index (χ0) is 14.0. The van der Waals surface area contributed by atoms with Gasteiger partial charge in [-0.2, -0.15) is 0 Å². The second-order valence-corrected chi connectivity index (χ2v) is 5.56. The van der Waals surface area contributed by atoms with E-state index in [0.29, 0.717) is 12.0 Å². The van der Waals surface area contributed by atoms with Crippen LogP contribution < -0.4 is 9.64 Å². The van der Waals surface area contributed by atoms with E-state index in [1.807, 2.05) is 0 Å². The van der Waals surface area contributed by atoms with Gasteiger partial charge in [0.2, 0.25) is 0 Å². The second-order valence-electron chi connectivity index (χ2n) is 5.56. The third kappa shape index (κ3) is 2.84. The van der Waals surface area contributed by atoms with Crippen LogP contribution in [0.5, 0.6) is 5.75 Å². The van der Waals surface area contributed by atoms with Crippen molar-refractivity contribution in [2.45, 2.75) is 52.2 Å². The number of nitrogens with zero attached hydrogens (tertiary/aromatic N) is 2. The van der Waals surface area contributed by atoms with Crippen molar-refractivity contribution in [3.05, 3.63) is 18.0 Å². The molecule has 0 saturated heterocycles. The third-order valence-corrected chi connectivity index (χ3v) is 3.79.